The zero-order valence-electron chi connectivity index (χ0n) is 13.4. The molecule has 27 heavy (non-hydrogen) atoms. The van der Waals surface area contributed by atoms with Crippen LogP contribution in [0.15, 0.2) is 72.1 Å². The Labute approximate surface area is 168 Å². The zero-order valence-corrected chi connectivity index (χ0v) is 17.2. The van der Waals surface area contributed by atoms with Crippen molar-refractivity contribution in [3.63, 3.8) is 0 Å². The summed E-state index contributed by atoms with van der Waals surface area (Å²) in [4.78, 5) is 0. The molecule has 0 bridgehead atoms. The Morgan fingerprint density at radius 1 is 0.889 bits per heavy atom. The van der Waals surface area contributed by atoms with E-state index in [1.165, 1.54) is 7.14 Å². The SMILES string of the molecule is O=S(=O)([O-])C(F)(F)F.c1ccc([I+]c2ccc(Oc3cccs3)cc2)cc1. The fraction of sp³-hybridized carbons (Fsp3) is 0.0588. The molecule has 0 aliphatic heterocycles. The summed E-state index contributed by atoms with van der Waals surface area (Å²) in [5.41, 5.74) is -5.65. The van der Waals surface area contributed by atoms with Gasteiger partial charge >= 0.3 is 26.7 Å². The van der Waals surface area contributed by atoms with Gasteiger partial charge in [-0.15, -0.1) is 11.3 Å². The van der Waals surface area contributed by atoms with E-state index in [1.54, 1.807) is 11.3 Å². The number of benzene rings is 2. The summed E-state index contributed by atoms with van der Waals surface area (Å²) in [7, 11) is -6.09. The summed E-state index contributed by atoms with van der Waals surface area (Å²) in [6.45, 7) is 0. The van der Waals surface area contributed by atoms with E-state index in [9.17, 15) is 13.2 Å². The summed E-state index contributed by atoms with van der Waals surface area (Å²) in [5, 5.41) is 2.95. The van der Waals surface area contributed by atoms with E-state index in [-0.39, 0.29) is 21.2 Å². The number of hydrogen-bond donors (Lipinski definition) is 0. The van der Waals surface area contributed by atoms with Crippen molar-refractivity contribution in [1.82, 2.24) is 0 Å². The monoisotopic (exact) mass is 528 g/mol. The quantitative estimate of drug-likeness (QED) is 0.294. The first-order valence-electron chi connectivity index (χ1n) is 7.18. The first-order valence-corrected chi connectivity index (χ1v) is 11.6. The Morgan fingerprint density at radius 3 is 1.93 bits per heavy atom. The zero-order chi connectivity index (χ0) is 19.9. The third-order valence-corrected chi connectivity index (χ3v) is 6.76. The molecule has 0 N–H and O–H groups in total. The molecule has 0 saturated heterocycles. The summed E-state index contributed by atoms with van der Waals surface area (Å²) in [5.74, 6) is 0.906. The molecule has 0 aliphatic rings. The van der Waals surface area contributed by atoms with Crippen molar-refractivity contribution in [3.05, 3.63) is 79.3 Å². The van der Waals surface area contributed by atoms with Gasteiger partial charge in [-0.3, -0.25) is 0 Å². The first kappa shape index (κ1) is 21.7. The van der Waals surface area contributed by atoms with Gasteiger partial charge in [0.25, 0.3) is 0 Å². The molecule has 0 fully saturated rings. The molecule has 3 rings (SSSR count). The first-order chi connectivity index (χ1) is 12.6. The summed E-state index contributed by atoms with van der Waals surface area (Å²) < 4.78 is 67.5. The van der Waals surface area contributed by atoms with Crippen LogP contribution in [0.25, 0.3) is 0 Å². The van der Waals surface area contributed by atoms with E-state index in [1.807, 2.05) is 17.5 Å². The van der Waals surface area contributed by atoms with Gasteiger partial charge in [0.05, 0.1) is 0 Å². The van der Waals surface area contributed by atoms with Crippen LogP contribution < -0.4 is 25.9 Å². The molecular weight excluding hydrogens is 516 g/mol. The van der Waals surface area contributed by atoms with Crippen LogP contribution in [0.5, 0.6) is 10.8 Å². The average molecular weight is 528 g/mol. The molecule has 2 aromatic carbocycles. The minimum Gasteiger partial charge on any atom is -0.741 e. The van der Waals surface area contributed by atoms with Gasteiger partial charge in [0.1, 0.15) is 5.75 Å². The predicted molar refractivity (Wildman–Crippen MR) is 90.4 cm³/mol. The van der Waals surface area contributed by atoms with Crippen molar-refractivity contribution in [3.8, 4) is 10.8 Å². The average Bonchev–Trinajstić information content (AvgIpc) is 3.09. The van der Waals surface area contributed by atoms with Crippen LogP contribution in [0, 0.1) is 7.14 Å². The van der Waals surface area contributed by atoms with E-state index in [4.69, 9.17) is 17.7 Å². The Hall–Kier alpha value is -1.63. The molecule has 144 valence electrons. The van der Waals surface area contributed by atoms with Gasteiger partial charge in [-0.05, 0) is 53.9 Å². The summed E-state index contributed by atoms with van der Waals surface area (Å²) in [6.07, 6.45) is 0. The van der Waals surface area contributed by atoms with Crippen LogP contribution in [0.2, 0.25) is 0 Å². The number of halogens is 4. The van der Waals surface area contributed by atoms with Crippen molar-refractivity contribution >= 4 is 21.5 Å². The molecule has 10 heteroatoms. The topological polar surface area (TPSA) is 66.4 Å². The highest BCUT2D eigenvalue weighted by atomic mass is 127. The maximum Gasteiger partial charge on any atom is 0.485 e. The van der Waals surface area contributed by atoms with E-state index in [0.29, 0.717) is 0 Å². The number of rotatable bonds is 4. The molecule has 0 saturated carbocycles. The number of alkyl halides is 3. The third-order valence-electron chi connectivity index (χ3n) is 2.76. The van der Waals surface area contributed by atoms with Crippen LogP contribution in [0.3, 0.4) is 0 Å². The van der Waals surface area contributed by atoms with Gasteiger partial charge in [0.2, 0.25) is 0 Å². The van der Waals surface area contributed by atoms with Gasteiger partial charge in [-0.25, -0.2) is 8.42 Å². The molecule has 3 aromatic rings. The summed E-state index contributed by atoms with van der Waals surface area (Å²) in [6, 6.07) is 23.1. The largest absolute Gasteiger partial charge is 0.741 e. The Kier molecular flexibility index (Phi) is 7.65. The van der Waals surface area contributed by atoms with Gasteiger partial charge in [0, 0.05) is 0 Å². The van der Waals surface area contributed by atoms with Gasteiger partial charge in [0.15, 0.2) is 22.3 Å². The molecule has 0 unspecified atom stereocenters. The molecule has 0 aliphatic carbocycles. The maximum atomic E-state index is 10.7. The standard InChI is InChI=1S/C16H12IOS.CHF3O3S/c1-2-5-13(6-3-1)17-14-8-10-15(11-9-14)18-16-7-4-12-19-16;2-1(3,4)8(5,6)7/h1-12H;(H,5,6,7)/q+1;/p-1. The van der Waals surface area contributed by atoms with Crippen molar-refractivity contribution < 1.29 is 52.1 Å². The van der Waals surface area contributed by atoms with Crippen molar-refractivity contribution in [2.24, 2.45) is 0 Å². The predicted octanol–water partition coefficient (Wildman–Crippen LogP) is 1.72. The molecule has 0 spiro atoms. The second kappa shape index (κ2) is 9.53. The molecular formula is C17H12F3IO4S2. The highest BCUT2D eigenvalue weighted by molar-refractivity contribution is 7.86. The van der Waals surface area contributed by atoms with Crippen LogP contribution >= 0.6 is 11.3 Å². The van der Waals surface area contributed by atoms with Crippen molar-refractivity contribution in [2.45, 2.75) is 5.51 Å². The lowest BCUT2D eigenvalue weighted by molar-refractivity contribution is -0.597. The third kappa shape index (κ3) is 7.48. The second-order valence-electron chi connectivity index (χ2n) is 4.78. The Morgan fingerprint density at radius 2 is 1.44 bits per heavy atom. The van der Waals surface area contributed by atoms with Crippen molar-refractivity contribution in [2.75, 3.05) is 0 Å². The highest BCUT2D eigenvalue weighted by Crippen LogP contribution is 2.25. The Balaban J connectivity index is 0.000000279. The van der Waals surface area contributed by atoms with Crippen LogP contribution in [0.4, 0.5) is 13.2 Å². The smallest absolute Gasteiger partial charge is 0.485 e. The second-order valence-corrected chi connectivity index (χ2v) is 10.1. The van der Waals surface area contributed by atoms with Crippen LogP contribution in [-0.2, 0) is 10.1 Å². The van der Waals surface area contributed by atoms with Gasteiger partial charge in [-0.1, -0.05) is 18.2 Å². The minimum absolute atomic E-state index is 0.0881. The highest BCUT2D eigenvalue weighted by Gasteiger charge is 2.36. The molecule has 1 heterocycles. The molecule has 1 aromatic heterocycles. The fourth-order valence-electron chi connectivity index (χ4n) is 1.61. The fourth-order valence-corrected chi connectivity index (χ4v) is 4.41. The molecule has 0 amide bonds. The number of ether oxygens (including phenoxy) is 1. The summed E-state index contributed by atoms with van der Waals surface area (Å²) >= 11 is 1.52. The van der Waals surface area contributed by atoms with Gasteiger partial charge < -0.3 is 9.29 Å². The van der Waals surface area contributed by atoms with Crippen LogP contribution in [0.1, 0.15) is 0 Å². The normalized spacial score (nSPS) is 11.4. The Bertz CT molecular complexity index is 927. The molecule has 4 nitrogen and oxygen atoms in total. The molecule has 0 atom stereocenters. The number of hydrogen-bond acceptors (Lipinski definition) is 5. The van der Waals surface area contributed by atoms with E-state index in [0.717, 1.165) is 10.8 Å². The minimum atomic E-state index is -6.09. The van der Waals surface area contributed by atoms with Crippen molar-refractivity contribution in [1.29, 1.82) is 0 Å². The number of thiophene rings is 1. The van der Waals surface area contributed by atoms with E-state index >= 15 is 0 Å². The van der Waals surface area contributed by atoms with Gasteiger partial charge in [-0.2, -0.15) is 13.2 Å². The van der Waals surface area contributed by atoms with E-state index in [2.05, 4.69) is 54.6 Å². The lowest BCUT2D eigenvalue weighted by Gasteiger charge is -2.08. The lowest BCUT2D eigenvalue weighted by Crippen LogP contribution is -3.61. The lowest BCUT2D eigenvalue weighted by atomic mass is 10.3. The van der Waals surface area contributed by atoms with E-state index < -0.39 is 15.6 Å². The maximum absolute atomic E-state index is 10.7. The molecule has 0 radical (unpaired) electrons. The van der Waals surface area contributed by atoms with Crippen LogP contribution in [-0.4, -0.2) is 18.5 Å².